The Bertz CT molecular complexity index is 206. The lowest BCUT2D eigenvalue weighted by Crippen LogP contribution is -1.94. The molecule has 0 rings (SSSR count). The minimum Gasteiger partial charge on any atom is -0.0956 e. The van der Waals surface area contributed by atoms with Gasteiger partial charge in [-0.05, 0) is 24.7 Å². The van der Waals surface area contributed by atoms with Crippen molar-refractivity contribution < 1.29 is 0 Å². The first kappa shape index (κ1) is 13.2. The first-order chi connectivity index (χ1) is 6.57. The highest BCUT2D eigenvalue weighted by atomic mass is 14.1. The smallest absolute Gasteiger partial charge is 0.0162 e. The van der Waals surface area contributed by atoms with Crippen LogP contribution in [0.4, 0.5) is 0 Å². The zero-order valence-electron chi connectivity index (χ0n) is 10.1. The molecule has 0 radical (unpaired) electrons. The van der Waals surface area contributed by atoms with E-state index in [0.717, 1.165) is 12.8 Å². The van der Waals surface area contributed by atoms with Crippen molar-refractivity contribution in [2.45, 2.75) is 40.5 Å². The highest BCUT2D eigenvalue weighted by Crippen LogP contribution is 2.15. The monoisotopic (exact) mass is 192 g/mol. The molecule has 0 N–H and O–H groups in total. The van der Waals surface area contributed by atoms with E-state index in [1.165, 1.54) is 5.57 Å². The van der Waals surface area contributed by atoms with Crippen LogP contribution < -0.4 is 0 Å². The van der Waals surface area contributed by atoms with Gasteiger partial charge >= 0.3 is 0 Å². The van der Waals surface area contributed by atoms with Gasteiger partial charge in [-0.25, -0.2) is 0 Å². The molecule has 1 unspecified atom stereocenters. The fourth-order valence-corrected chi connectivity index (χ4v) is 1.10. The van der Waals surface area contributed by atoms with Crippen LogP contribution in [-0.2, 0) is 0 Å². The van der Waals surface area contributed by atoms with Crippen LogP contribution in [0.2, 0.25) is 0 Å². The van der Waals surface area contributed by atoms with Crippen LogP contribution in [-0.4, -0.2) is 0 Å². The van der Waals surface area contributed by atoms with Gasteiger partial charge in [0.2, 0.25) is 0 Å². The summed E-state index contributed by atoms with van der Waals surface area (Å²) < 4.78 is 0. The van der Waals surface area contributed by atoms with Crippen molar-refractivity contribution in [2.24, 2.45) is 11.8 Å². The summed E-state index contributed by atoms with van der Waals surface area (Å²) in [6.45, 7) is 12.8. The second-order valence-corrected chi connectivity index (χ2v) is 4.19. The maximum Gasteiger partial charge on any atom is -0.0162 e. The van der Waals surface area contributed by atoms with Crippen molar-refractivity contribution in [2.75, 3.05) is 0 Å². The normalized spacial score (nSPS) is 14.4. The molecule has 0 bridgehead atoms. The van der Waals surface area contributed by atoms with Gasteiger partial charge in [-0.15, -0.1) is 0 Å². The van der Waals surface area contributed by atoms with Crippen LogP contribution in [0.3, 0.4) is 0 Å². The molecule has 0 aromatic rings. The van der Waals surface area contributed by atoms with Crippen molar-refractivity contribution in [1.82, 2.24) is 0 Å². The van der Waals surface area contributed by atoms with Gasteiger partial charge in [0.25, 0.3) is 0 Å². The third-order valence-corrected chi connectivity index (χ3v) is 2.22. The first-order valence-corrected chi connectivity index (χ1v) is 5.59. The minimum atomic E-state index is 0.563. The van der Waals surface area contributed by atoms with Crippen molar-refractivity contribution >= 4 is 0 Å². The van der Waals surface area contributed by atoms with E-state index in [4.69, 9.17) is 0 Å². The van der Waals surface area contributed by atoms with E-state index in [0.29, 0.717) is 11.8 Å². The van der Waals surface area contributed by atoms with Gasteiger partial charge in [-0.1, -0.05) is 64.2 Å². The summed E-state index contributed by atoms with van der Waals surface area (Å²) in [5.74, 6) is 1.18. The van der Waals surface area contributed by atoms with Crippen LogP contribution in [0.15, 0.2) is 36.5 Å². The minimum absolute atomic E-state index is 0.563. The summed E-state index contributed by atoms with van der Waals surface area (Å²) in [4.78, 5) is 0. The summed E-state index contributed by atoms with van der Waals surface area (Å²) in [5.41, 5.74) is 1.24. The summed E-state index contributed by atoms with van der Waals surface area (Å²) in [7, 11) is 0. The van der Waals surface area contributed by atoms with Crippen molar-refractivity contribution in [3.05, 3.63) is 36.5 Å². The summed E-state index contributed by atoms with van der Waals surface area (Å²) >= 11 is 0. The lowest BCUT2D eigenvalue weighted by Gasteiger charge is -2.08. The van der Waals surface area contributed by atoms with E-state index in [2.05, 4.69) is 58.6 Å². The fraction of sp³-hybridized carbons (Fsp3) is 0.571. The Hall–Kier alpha value is -0.780. The zero-order chi connectivity index (χ0) is 11.0. The Morgan fingerprint density at radius 3 is 2.36 bits per heavy atom. The fourth-order valence-electron chi connectivity index (χ4n) is 1.10. The Kier molecular flexibility index (Phi) is 7.18. The molecule has 0 nitrogen and oxygen atoms in total. The topological polar surface area (TPSA) is 0 Å². The average Bonchev–Trinajstić information content (AvgIpc) is 2.14. The Morgan fingerprint density at radius 1 is 1.21 bits per heavy atom. The maximum atomic E-state index is 4.08. The third-order valence-electron chi connectivity index (χ3n) is 2.22. The molecule has 0 heterocycles. The molecule has 0 fully saturated rings. The SMILES string of the molecule is C=C(C=CC(C)C)C(C)CC=CCC. The van der Waals surface area contributed by atoms with Gasteiger partial charge in [0.1, 0.15) is 0 Å². The highest BCUT2D eigenvalue weighted by molar-refractivity contribution is 5.18. The van der Waals surface area contributed by atoms with Gasteiger partial charge in [0, 0.05) is 0 Å². The van der Waals surface area contributed by atoms with Crippen LogP contribution in [0, 0.1) is 11.8 Å². The number of rotatable bonds is 6. The average molecular weight is 192 g/mol. The predicted octanol–water partition coefficient (Wildman–Crippen LogP) is 4.75. The van der Waals surface area contributed by atoms with Gasteiger partial charge in [0.05, 0.1) is 0 Å². The molecule has 0 aliphatic rings. The Labute approximate surface area is 89.4 Å². The molecule has 80 valence electrons. The maximum absolute atomic E-state index is 4.08. The molecule has 1 atom stereocenters. The molecule has 0 heteroatoms. The van der Waals surface area contributed by atoms with Crippen LogP contribution in [0.1, 0.15) is 40.5 Å². The number of hydrogen-bond donors (Lipinski definition) is 0. The molecular formula is C14H24. The Morgan fingerprint density at radius 2 is 1.86 bits per heavy atom. The van der Waals surface area contributed by atoms with Crippen molar-refractivity contribution in [3.8, 4) is 0 Å². The Balaban J connectivity index is 3.93. The lowest BCUT2D eigenvalue weighted by molar-refractivity contribution is 0.710. The van der Waals surface area contributed by atoms with E-state index in [9.17, 15) is 0 Å². The molecular weight excluding hydrogens is 168 g/mol. The predicted molar refractivity (Wildman–Crippen MR) is 66.3 cm³/mol. The molecule has 0 aliphatic carbocycles. The standard InChI is InChI=1S/C14H24/c1-6-7-8-9-13(4)14(5)11-10-12(2)3/h7-8,10-13H,5-6,9H2,1-4H3. The van der Waals surface area contributed by atoms with Gasteiger partial charge in [-0.3, -0.25) is 0 Å². The molecule has 0 saturated carbocycles. The lowest BCUT2D eigenvalue weighted by atomic mass is 9.97. The van der Waals surface area contributed by atoms with E-state index in [1.807, 2.05) is 0 Å². The summed E-state index contributed by atoms with van der Waals surface area (Å²) in [6, 6.07) is 0. The van der Waals surface area contributed by atoms with Crippen LogP contribution in [0.25, 0.3) is 0 Å². The van der Waals surface area contributed by atoms with Gasteiger partial charge in [0.15, 0.2) is 0 Å². The zero-order valence-corrected chi connectivity index (χ0v) is 10.1. The summed E-state index contributed by atoms with van der Waals surface area (Å²) in [6.07, 6.45) is 11.1. The molecule has 0 aromatic carbocycles. The highest BCUT2D eigenvalue weighted by Gasteiger charge is 2.00. The largest absolute Gasteiger partial charge is 0.0956 e. The second kappa shape index (κ2) is 7.61. The van der Waals surface area contributed by atoms with Crippen molar-refractivity contribution in [1.29, 1.82) is 0 Å². The first-order valence-electron chi connectivity index (χ1n) is 5.59. The van der Waals surface area contributed by atoms with Gasteiger partial charge < -0.3 is 0 Å². The molecule has 0 amide bonds. The molecule has 0 aromatic heterocycles. The quantitative estimate of drug-likeness (QED) is 0.421. The van der Waals surface area contributed by atoms with Crippen LogP contribution in [0.5, 0.6) is 0 Å². The molecule has 0 spiro atoms. The van der Waals surface area contributed by atoms with Gasteiger partial charge in [-0.2, -0.15) is 0 Å². The molecule has 14 heavy (non-hydrogen) atoms. The molecule has 0 saturated heterocycles. The third kappa shape index (κ3) is 6.71. The number of allylic oxidation sites excluding steroid dienone is 5. The second-order valence-electron chi connectivity index (χ2n) is 4.19. The summed E-state index contributed by atoms with van der Waals surface area (Å²) in [5, 5.41) is 0. The van der Waals surface area contributed by atoms with E-state index in [1.54, 1.807) is 0 Å². The van der Waals surface area contributed by atoms with E-state index < -0.39 is 0 Å². The van der Waals surface area contributed by atoms with E-state index >= 15 is 0 Å². The van der Waals surface area contributed by atoms with Crippen LogP contribution >= 0.6 is 0 Å². The van der Waals surface area contributed by atoms with Crippen molar-refractivity contribution in [3.63, 3.8) is 0 Å². The molecule has 0 aliphatic heterocycles. The number of hydrogen-bond acceptors (Lipinski definition) is 0. The van der Waals surface area contributed by atoms with E-state index in [-0.39, 0.29) is 0 Å².